The van der Waals surface area contributed by atoms with Crippen LogP contribution < -0.4 is 37.5 Å². The Morgan fingerprint density at radius 2 is 1.53 bits per heavy atom. The van der Waals surface area contributed by atoms with E-state index in [2.05, 4.69) is 31.9 Å². The first-order valence-corrected chi connectivity index (χ1v) is 29.4. The van der Waals surface area contributed by atoms with Crippen LogP contribution in [0.1, 0.15) is 96.0 Å². The maximum Gasteiger partial charge on any atom is 0.409 e. The number of carbonyl (C=O) groups is 10. The van der Waals surface area contributed by atoms with E-state index in [9.17, 15) is 57.8 Å². The molecule has 4 aliphatic rings. The van der Waals surface area contributed by atoms with E-state index in [0.29, 0.717) is 88.9 Å². The molecule has 25 nitrogen and oxygen atoms in total. The molecule has 1 aliphatic carbocycles. The van der Waals surface area contributed by atoms with Gasteiger partial charge in [0.25, 0.3) is 17.4 Å². The van der Waals surface area contributed by atoms with E-state index in [0.717, 1.165) is 16.0 Å². The average molecular weight is 1220 g/mol. The number of rotatable bonds is 26. The zero-order chi connectivity index (χ0) is 63.7. The van der Waals surface area contributed by atoms with Crippen molar-refractivity contribution in [3.05, 3.63) is 140 Å². The van der Waals surface area contributed by atoms with Gasteiger partial charge in [-0.05, 0) is 92.1 Å². The molecule has 0 unspecified atom stereocenters. The largest absolute Gasteiger partial charge is 0.458 e. The van der Waals surface area contributed by atoms with Crippen molar-refractivity contribution in [1.82, 2.24) is 50.8 Å². The molecular formula is C63H70FN11O14. The first-order chi connectivity index (χ1) is 42.6. The van der Waals surface area contributed by atoms with Gasteiger partial charge in [0.1, 0.15) is 25.1 Å². The molecule has 3 atom stereocenters. The van der Waals surface area contributed by atoms with Crippen LogP contribution in [-0.2, 0) is 90.8 Å². The van der Waals surface area contributed by atoms with Gasteiger partial charge in [-0.25, -0.2) is 19.0 Å². The SMILES string of the molecule is CC[C@@]1(O)C(=O)OCc2c1cc1n(c2=O)Cc2c-1nc1cc(F)c(C)c3c1c2[C@@H](NC(=O)CN(C)CCN(C)C(=O)OCc1ccc(NC(=O)CNC(=O)[C@H](Cc2ccccc2)NC(=O)CNC(=O)CNC(=O)CCCCCN2C(=O)C=CC2=O)cc1)CC3. The summed E-state index contributed by atoms with van der Waals surface area (Å²) in [5.41, 5.74) is 3.29. The fourth-order valence-corrected chi connectivity index (χ4v) is 11.3. The van der Waals surface area contributed by atoms with Crippen LogP contribution in [-0.4, -0.2) is 155 Å². The highest BCUT2D eigenvalue weighted by Crippen LogP contribution is 2.46. The lowest BCUT2D eigenvalue weighted by Crippen LogP contribution is -2.52. The number of imide groups is 1. The highest BCUT2D eigenvalue weighted by molar-refractivity contribution is 6.12. The number of hydrogen-bond donors (Lipinski definition) is 7. The summed E-state index contributed by atoms with van der Waals surface area (Å²) in [5.74, 6) is -5.31. The third-order valence-electron chi connectivity index (χ3n) is 16.3. The molecule has 0 spiro atoms. The van der Waals surface area contributed by atoms with Gasteiger partial charge in [0.15, 0.2) is 5.60 Å². The average Bonchev–Trinajstić information content (AvgIpc) is 1.67. The lowest BCUT2D eigenvalue weighted by atomic mass is 9.81. The fourth-order valence-electron chi connectivity index (χ4n) is 11.3. The highest BCUT2D eigenvalue weighted by Gasteiger charge is 2.46. The number of carbonyl (C=O) groups excluding carboxylic acids is 10. The predicted octanol–water partition coefficient (Wildman–Crippen LogP) is 2.33. The van der Waals surface area contributed by atoms with Crippen LogP contribution in [0.25, 0.3) is 22.3 Å². The molecule has 26 heteroatoms. The molecule has 0 radical (unpaired) electrons. The second-order valence-corrected chi connectivity index (χ2v) is 22.5. The van der Waals surface area contributed by atoms with Crippen LogP contribution in [0.4, 0.5) is 14.9 Å². The normalized spacial score (nSPS) is 16.4. The number of hydrogen-bond acceptors (Lipinski definition) is 16. The number of likely N-dealkylation sites (N-methyl/N-ethyl adjacent to an activating group) is 2. The summed E-state index contributed by atoms with van der Waals surface area (Å²) < 4.78 is 27.7. The van der Waals surface area contributed by atoms with Gasteiger partial charge in [0, 0.05) is 79.9 Å². The fraction of sp³-hybridized carbons (Fsp3) is 0.397. The Bertz CT molecular complexity index is 3730. The molecule has 468 valence electrons. The van der Waals surface area contributed by atoms with Crippen molar-refractivity contribution in [1.29, 1.82) is 0 Å². The van der Waals surface area contributed by atoms with Crippen molar-refractivity contribution in [3.63, 3.8) is 0 Å². The van der Waals surface area contributed by atoms with Gasteiger partial charge in [0.2, 0.25) is 35.4 Å². The van der Waals surface area contributed by atoms with E-state index in [1.165, 1.54) is 27.7 Å². The number of ether oxygens (including phenoxy) is 2. The molecular weight excluding hydrogens is 1150 g/mol. The smallest absolute Gasteiger partial charge is 0.409 e. The molecule has 2 aromatic heterocycles. The molecule has 9 rings (SSSR count). The summed E-state index contributed by atoms with van der Waals surface area (Å²) in [4.78, 5) is 150. The number of nitrogens with zero attached hydrogens (tertiary/aromatic N) is 5. The summed E-state index contributed by atoms with van der Waals surface area (Å²) in [6, 6.07) is 16.6. The molecule has 3 aromatic carbocycles. The van der Waals surface area contributed by atoms with E-state index in [1.54, 1.807) is 93.5 Å². The van der Waals surface area contributed by atoms with E-state index in [-0.39, 0.29) is 87.5 Å². The second-order valence-electron chi connectivity index (χ2n) is 22.5. The quantitative estimate of drug-likeness (QED) is 0.0233. The molecule has 0 saturated heterocycles. The molecule has 0 bridgehead atoms. The Morgan fingerprint density at radius 3 is 2.26 bits per heavy atom. The molecule has 3 aliphatic heterocycles. The van der Waals surface area contributed by atoms with Crippen LogP contribution in [0, 0.1) is 12.7 Å². The molecule has 89 heavy (non-hydrogen) atoms. The van der Waals surface area contributed by atoms with E-state index < -0.39 is 90.3 Å². The lowest BCUT2D eigenvalue weighted by molar-refractivity contribution is -0.172. The minimum atomic E-state index is -2.04. The maximum atomic E-state index is 15.4. The van der Waals surface area contributed by atoms with Gasteiger partial charge in [0.05, 0.1) is 61.2 Å². The number of pyridine rings is 2. The highest BCUT2D eigenvalue weighted by atomic mass is 19.1. The van der Waals surface area contributed by atoms with Crippen molar-refractivity contribution in [2.75, 3.05) is 65.2 Å². The van der Waals surface area contributed by atoms with Gasteiger partial charge < -0.3 is 55.9 Å². The van der Waals surface area contributed by atoms with E-state index in [1.807, 2.05) is 0 Å². The molecule has 0 fully saturated rings. The Balaban J connectivity index is 0.697. The maximum absolute atomic E-state index is 15.4. The van der Waals surface area contributed by atoms with Gasteiger partial charge in [-0.3, -0.25) is 53.0 Å². The van der Waals surface area contributed by atoms with E-state index in [4.69, 9.17) is 14.5 Å². The van der Waals surface area contributed by atoms with Crippen molar-refractivity contribution >= 4 is 75.9 Å². The summed E-state index contributed by atoms with van der Waals surface area (Å²) in [6.45, 7) is 2.36. The summed E-state index contributed by atoms with van der Waals surface area (Å²) in [5, 5.41) is 28.0. The van der Waals surface area contributed by atoms with Crippen molar-refractivity contribution < 1.29 is 66.9 Å². The number of unbranched alkanes of at least 4 members (excludes halogenated alkanes) is 2. The summed E-state index contributed by atoms with van der Waals surface area (Å²) >= 11 is 0. The third kappa shape index (κ3) is 14.8. The Hall–Kier alpha value is -9.69. The van der Waals surface area contributed by atoms with Crippen LogP contribution in [0.15, 0.2) is 83.7 Å². The number of esters is 1. The topological polar surface area (TPSA) is 326 Å². The standard InChI is InChI=1S/C63H70FN11O14/c1-5-63(87)43-27-48-58-41(32-75(48)60(84)42(43)35-88-61(63)85)57-45(20-19-40-36(2)44(64)28-46(71-58)56(40)57)69-53(80)33-72(3)24-25-73(4)62(86)89-34-38-15-17-39(18-16-38)68-51(78)31-67-59(83)47(26-37-12-8-6-9-13-37)70-52(79)30-66-50(77)29-65-49(76)14-10-7-11-23-74-54(81)21-22-55(74)82/h6,8-9,12-13,15-18,21-22,27-28,45,47,87H,5,7,10-11,14,19-20,23-26,29-35H2,1-4H3,(H,65,76)(H,66,77)(H,67,83)(H,68,78)(H,69,80)(H,70,79)/t45-,47-,63-/m0/s1. The van der Waals surface area contributed by atoms with Crippen molar-refractivity contribution in [2.24, 2.45) is 0 Å². The van der Waals surface area contributed by atoms with E-state index >= 15 is 4.39 Å². The minimum absolute atomic E-state index is 0.0333. The monoisotopic (exact) mass is 1220 g/mol. The van der Waals surface area contributed by atoms with Crippen LogP contribution in [0.2, 0.25) is 0 Å². The lowest BCUT2D eigenvalue weighted by Gasteiger charge is -2.31. The zero-order valence-corrected chi connectivity index (χ0v) is 49.8. The number of fused-ring (bicyclic) bond motifs is 5. The number of aromatic nitrogens is 2. The number of benzene rings is 3. The second kappa shape index (κ2) is 28.0. The molecule has 5 aromatic rings. The third-order valence-corrected chi connectivity index (χ3v) is 16.3. The number of aryl methyl sites for hydroxylation is 1. The zero-order valence-electron chi connectivity index (χ0n) is 49.8. The Morgan fingerprint density at radius 1 is 0.820 bits per heavy atom. The molecule has 7 N–H and O–H groups in total. The van der Waals surface area contributed by atoms with Crippen LogP contribution >= 0.6 is 0 Å². The number of nitrogens with one attached hydrogen (secondary N) is 6. The number of cyclic esters (lactones) is 1. The first-order valence-electron chi connectivity index (χ1n) is 29.4. The van der Waals surface area contributed by atoms with Gasteiger partial charge in [-0.15, -0.1) is 0 Å². The number of anilines is 1. The van der Waals surface area contributed by atoms with Gasteiger partial charge in [-0.1, -0.05) is 55.8 Å². The number of aliphatic hydroxyl groups is 1. The Kier molecular flexibility index (Phi) is 20.1. The van der Waals surface area contributed by atoms with Crippen molar-refractivity contribution in [2.45, 2.75) is 103 Å². The van der Waals surface area contributed by atoms with Gasteiger partial charge >= 0.3 is 12.1 Å². The predicted molar refractivity (Wildman–Crippen MR) is 319 cm³/mol. The number of halogens is 1. The molecule has 0 saturated carbocycles. The van der Waals surface area contributed by atoms with Crippen LogP contribution in [0.5, 0.6) is 0 Å². The first kappa shape index (κ1) is 63.8. The minimum Gasteiger partial charge on any atom is -0.458 e. The summed E-state index contributed by atoms with van der Waals surface area (Å²) in [6.07, 6.45) is 4.39. The van der Waals surface area contributed by atoms with Crippen LogP contribution in [0.3, 0.4) is 0 Å². The number of amides is 9. The Labute approximate surface area is 510 Å². The molecule has 9 amide bonds. The van der Waals surface area contributed by atoms with Crippen molar-refractivity contribution in [3.8, 4) is 11.4 Å². The van der Waals surface area contributed by atoms with Gasteiger partial charge in [-0.2, -0.15) is 0 Å². The molecule has 5 heterocycles. The summed E-state index contributed by atoms with van der Waals surface area (Å²) in [7, 11) is 3.29.